The Balaban J connectivity index is 1.45. The summed E-state index contributed by atoms with van der Waals surface area (Å²) in [6.45, 7) is 2.26. The molecule has 7 nitrogen and oxygen atoms in total. The molecule has 1 unspecified atom stereocenters. The predicted octanol–water partition coefficient (Wildman–Crippen LogP) is 2.92. The van der Waals surface area contributed by atoms with Gasteiger partial charge in [0.15, 0.2) is 0 Å². The van der Waals surface area contributed by atoms with Crippen molar-refractivity contribution >= 4 is 23.3 Å². The number of rotatable bonds is 4. The first kappa shape index (κ1) is 21.9. The van der Waals surface area contributed by atoms with Gasteiger partial charge in [-0.3, -0.25) is 4.79 Å². The SMILES string of the molecule is C#Cc1ccc(NC(=O)N2CC(OC)C[C@@H]2C(=O)Nc2ccc3c(c2)CCN(C)C3)cc1. The Morgan fingerprint density at radius 3 is 2.56 bits per heavy atom. The molecule has 2 heterocycles. The van der Waals surface area contributed by atoms with E-state index in [1.807, 2.05) is 12.1 Å². The van der Waals surface area contributed by atoms with Gasteiger partial charge in [-0.25, -0.2) is 4.79 Å². The van der Waals surface area contributed by atoms with E-state index in [1.54, 1.807) is 31.4 Å². The van der Waals surface area contributed by atoms with E-state index in [4.69, 9.17) is 11.2 Å². The standard InChI is InChI=1S/C25H28N4O3/c1-4-17-5-8-20(9-6-17)27-25(31)29-16-22(32-3)14-23(29)24(30)26-21-10-7-19-15-28(2)12-11-18(19)13-21/h1,5-10,13,22-23H,11-12,14-16H2,2-3H3,(H,26,30)(H,27,31)/t22?,23-/m1/s1. The average Bonchev–Trinajstić information content (AvgIpc) is 3.25. The fourth-order valence-electron chi connectivity index (χ4n) is 4.28. The number of nitrogens with one attached hydrogen (secondary N) is 2. The molecule has 2 atom stereocenters. The number of benzene rings is 2. The zero-order chi connectivity index (χ0) is 22.7. The molecule has 32 heavy (non-hydrogen) atoms. The lowest BCUT2D eigenvalue weighted by atomic mass is 9.99. The molecule has 4 rings (SSSR count). The fourth-order valence-corrected chi connectivity index (χ4v) is 4.28. The lowest BCUT2D eigenvalue weighted by Crippen LogP contribution is -2.45. The molecule has 0 radical (unpaired) electrons. The lowest BCUT2D eigenvalue weighted by Gasteiger charge is -2.26. The number of carbonyl (C=O) groups is 2. The van der Waals surface area contributed by atoms with Crippen LogP contribution in [0.1, 0.15) is 23.1 Å². The van der Waals surface area contributed by atoms with Crippen molar-refractivity contribution in [2.75, 3.05) is 37.9 Å². The summed E-state index contributed by atoms with van der Waals surface area (Å²) < 4.78 is 5.46. The minimum Gasteiger partial charge on any atom is -0.380 e. The van der Waals surface area contributed by atoms with Gasteiger partial charge < -0.3 is 25.2 Å². The number of hydrogen-bond acceptors (Lipinski definition) is 4. The van der Waals surface area contributed by atoms with E-state index in [1.165, 1.54) is 16.0 Å². The number of carbonyl (C=O) groups excluding carboxylic acids is 2. The molecule has 0 aromatic heterocycles. The van der Waals surface area contributed by atoms with E-state index in [0.29, 0.717) is 18.7 Å². The highest BCUT2D eigenvalue weighted by atomic mass is 16.5. The maximum absolute atomic E-state index is 13.1. The van der Waals surface area contributed by atoms with Crippen LogP contribution in [0.4, 0.5) is 16.2 Å². The van der Waals surface area contributed by atoms with Gasteiger partial charge in [0.05, 0.1) is 6.10 Å². The van der Waals surface area contributed by atoms with Crippen LogP contribution in [0.25, 0.3) is 0 Å². The minimum atomic E-state index is -0.618. The highest BCUT2D eigenvalue weighted by Crippen LogP contribution is 2.25. The molecule has 0 bridgehead atoms. The van der Waals surface area contributed by atoms with Crippen molar-refractivity contribution in [2.45, 2.75) is 31.5 Å². The van der Waals surface area contributed by atoms with Gasteiger partial charge in [-0.05, 0) is 61.0 Å². The van der Waals surface area contributed by atoms with Crippen LogP contribution in [-0.4, -0.2) is 61.1 Å². The Labute approximate surface area is 188 Å². The van der Waals surface area contributed by atoms with Gasteiger partial charge >= 0.3 is 6.03 Å². The first-order chi connectivity index (χ1) is 15.5. The van der Waals surface area contributed by atoms with Gasteiger partial charge in [0.1, 0.15) is 6.04 Å². The molecule has 2 aliphatic rings. The van der Waals surface area contributed by atoms with Gasteiger partial charge in [0.2, 0.25) is 5.91 Å². The van der Waals surface area contributed by atoms with Crippen LogP contribution in [0.3, 0.4) is 0 Å². The fraction of sp³-hybridized carbons (Fsp3) is 0.360. The second-order valence-corrected chi connectivity index (χ2v) is 8.37. The number of methoxy groups -OCH3 is 1. The third-order valence-electron chi connectivity index (χ3n) is 6.14. The van der Waals surface area contributed by atoms with Crippen molar-refractivity contribution in [1.29, 1.82) is 0 Å². The highest BCUT2D eigenvalue weighted by molar-refractivity contribution is 5.99. The molecule has 1 fully saturated rings. The lowest BCUT2D eigenvalue weighted by molar-refractivity contribution is -0.119. The zero-order valence-corrected chi connectivity index (χ0v) is 18.4. The van der Waals surface area contributed by atoms with Crippen LogP contribution in [0, 0.1) is 12.3 Å². The number of amides is 3. The van der Waals surface area contributed by atoms with Crippen molar-refractivity contribution in [1.82, 2.24) is 9.80 Å². The Hall–Kier alpha value is -3.34. The Morgan fingerprint density at radius 1 is 1.09 bits per heavy atom. The highest BCUT2D eigenvalue weighted by Gasteiger charge is 2.40. The normalized spacial score (nSPS) is 20.3. The Morgan fingerprint density at radius 2 is 1.84 bits per heavy atom. The first-order valence-corrected chi connectivity index (χ1v) is 10.7. The number of nitrogens with zero attached hydrogens (tertiary/aromatic N) is 2. The molecular formula is C25H28N4O3. The van der Waals surface area contributed by atoms with Gasteiger partial charge in [0.25, 0.3) is 0 Å². The van der Waals surface area contributed by atoms with Gasteiger partial charge in [0, 0.05) is 50.1 Å². The van der Waals surface area contributed by atoms with Gasteiger partial charge in [-0.1, -0.05) is 12.0 Å². The Bertz CT molecular complexity index is 1040. The van der Waals surface area contributed by atoms with Crippen LogP contribution in [0.15, 0.2) is 42.5 Å². The van der Waals surface area contributed by atoms with Crippen molar-refractivity contribution in [2.24, 2.45) is 0 Å². The van der Waals surface area contributed by atoms with Crippen molar-refractivity contribution in [3.63, 3.8) is 0 Å². The molecule has 7 heteroatoms. The van der Waals surface area contributed by atoms with E-state index in [0.717, 1.165) is 30.8 Å². The van der Waals surface area contributed by atoms with E-state index in [2.05, 4.69) is 34.6 Å². The van der Waals surface area contributed by atoms with Crippen LogP contribution < -0.4 is 10.6 Å². The van der Waals surface area contributed by atoms with Gasteiger partial charge in [-0.2, -0.15) is 0 Å². The van der Waals surface area contributed by atoms with Crippen LogP contribution in [-0.2, 0) is 22.5 Å². The number of likely N-dealkylation sites (tertiary alicyclic amines) is 1. The van der Waals surface area contributed by atoms with E-state index in [-0.39, 0.29) is 18.0 Å². The zero-order valence-electron chi connectivity index (χ0n) is 18.4. The van der Waals surface area contributed by atoms with Gasteiger partial charge in [-0.15, -0.1) is 6.42 Å². The molecule has 0 aliphatic carbocycles. The third-order valence-corrected chi connectivity index (χ3v) is 6.14. The molecule has 0 spiro atoms. The van der Waals surface area contributed by atoms with E-state index < -0.39 is 6.04 Å². The summed E-state index contributed by atoms with van der Waals surface area (Å²) in [7, 11) is 3.70. The molecule has 1 saturated heterocycles. The minimum absolute atomic E-state index is 0.195. The third kappa shape index (κ3) is 4.77. The summed E-state index contributed by atoms with van der Waals surface area (Å²) in [4.78, 5) is 29.9. The molecule has 2 aromatic carbocycles. The number of anilines is 2. The smallest absolute Gasteiger partial charge is 0.322 e. The summed E-state index contributed by atoms with van der Waals surface area (Å²) in [5, 5.41) is 5.85. The van der Waals surface area contributed by atoms with Crippen molar-refractivity contribution in [3.05, 3.63) is 59.2 Å². The average molecular weight is 433 g/mol. The molecule has 0 saturated carbocycles. The number of urea groups is 1. The second kappa shape index (κ2) is 9.43. The molecule has 2 N–H and O–H groups in total. The van der Waals surface area contributed by atoms with Crippen LogP contribution >= 0.6 is 0 Å². The summed E-state index contributed by atoms with van der Waals surface area (Å²) in [5.74, 6) is 2.33. The largest absolute Gasteiger partial charge is 0.380 e. The number of likely N-dealkylation sites (N-methyl/N-ethyl adjacent to an activating group) is 1. The predicted molar refractivity (Wildman–Crippen MR) is 124 cm³/mol. The summed E-state index contributed by atoms with van der Waals surface area (Å²) in [5.41, 5.74) is 4.65. The second-order valence-electron chi connectivity index (χ2n) is 8.37. The molecule has 2 aromatic rings. The van der Waals surface area contributed by atoms with Crippen molar-refractivity contribution < 1.29 is 14.3 Å². The topological polar surface area (TPSA) is 73.9 Å². The number of fused-ring (bicyclic) bond motifs is 1. The molecule has 3 amide bonds. The molecule has 2 aliphatic heterocycles. The maximum atomic E-state index is 13.1. The summed E-state index contributed by atoms with van der Waals surface area (Å²) in [6.07, 6.45) is 6.59. The maximum Gasteiger partial charge on any atom is 0.322 e. The Kier molecular flexibility index (Phi) is 6.45. The van der Waals surface area contributed by atoms with Crippen molar-refractivity contribution in [3.8, 4) is 12.3 Å². The molecular weight excluding hydrogens is 404 g/mol. The van der Waals surface area contributed by atoms with E-state index >= 15 is 0 Å². The number of ether oxygens (including phenoxy) is 1. The number of hydrogen-bond donors (Lipinski definition) is 2. The molecule has 166 valence electrons. The summed E-state index contributed by atoms with van der Waals surface area (Å²) >= 11 is 0. The van der Waals surface area contributed by atoms with E-state index in [9.17, 15) is 9.59 Å². The monoisotopic (exact) mass is 432 g/mol. The quantitative estimate of drug-likeness (QED) is 0.729. The number of terminal acetylenes is 1. The van der Waals surface area contributed by atoms with Crippen LogP contribution in [0.2, 0.25) is 0 Å². The summed E-state index contributed by atoms with van der Waals surface area (Å²) in [6, 6.07) is 12.1. The van der Waals surface area contributed by atoms with Crippen LogP contribution in [0.5, 0.6) is 0 Å². The first-order valence-electron chi connectivity index (χ1n) is 10.7.